The highest BCUT2D eigenvalue weighted by Gasteiger charge is 2.41. The van der Waals surface area contributed by atoms with Crippen LogP contribution in [0.3, 0.4) is 0 Å². The van der Waals surface area contributed by atoms with Crippen LogP contribution in [-0.2, 0) is 15.1 Å². The van der Waals surface area contributed by atoms with E-state index in [9.17, 15) is 4.79 Å². The van der Waals surface area contributed by atoms with Crippen LogP contribution >= 0.6 is 12.4 Å². The highest BCUT2D eigenvalue weighted by molar-refractivity contribution is 5.85. The molecule has 7 heteroatoms. The zero-order valence-electron chi connectivity index (χ0n) is 11.1. The Morgan fingerprint density at radius 1 is 1.53 bits per heavy atom. The maximum atomic E-state index is 12.4. The number of aromatic nitrogens is 2. The lowest BCUT2D eigenvalue weighted by Crippen LogP contribution is -2.55. The average molecular weight is 289 g/mol. The smallest absolute Gasteiger partial charge is 0.248 e. The molecule has 0 radical (unpaired) electrons. The van der Waals surface area contributed by atoms with Crippen LogP contribution in [0, 0.1) is 0 Å². The first-order valence-corrected chi connectivity index (χ1v) is 6.28. The third-order valence-electron chi connectivity index (χ3n) is 3.39. The third kappa shape index (κ3) is 3.46. The topological polar surface area (TPSA) is 68.2 Å². The van der Waals surface area contributed by atoms with Crippen molar-refractivity contribution in [1.29, 1.82) is 0 Å². The zero-order chi connectivity index (χ0) is 12.8. The van der Waals surface area contributed by atoms with Gasteiger partial charge in [0.15, 0.2) is 0 Å². The summed E-state index contributed by atoms with van der Waals surface area (Å²) in [6.07, 6.45) is 5.09. The summed E-state index contributed by atoms with van der Waals surface area (Å²) in [5, 5.41) is 10.5. The largest absolute Gasteiger partial charge is 0.383 e. The van der Waals surface area contributed by atoms with E-state index in [1.807, 2.05) is 12.3 Å². The van der Waals surface area contributed by atoms with Gasteiger partial charge >= 0.3 is 0 Å². The second-order valence-corrected chi connectivity index (χ2v) is 4.48. The summed E-state index contributed by atoms with van der Waals surface area (Å²) in [6.45, 7) is 2.72. The summed E-state index contributed by atoms with van der Waals surface area (Å²) in [5.41, 5.74) is -0.553. The van der Waals surface area contributed by atoms with E-state index >= 15 is 0 Å². The lowest BCUT2D eigenvalue weighted by atomic mass is 9.87. The zero-order valence-corrected chi connectivity index (χ0v) is 11.9. The van der Waals surface area contributed by atoms with E-state index < -0.39 is 5.54 Å². The number of rotatable bonds is 5. The minimum Gasteiger partial charge on any atom is -0.383 e. The number of carbonyl (C=O) groups excluding carboxylic acids is 1. The molecular weight excluding hydrogens is 268 g/mol. The van der Waals surface area contributed by atoms with Gasteiger partial charge in [0.05, 0.1) is 6.61 Å². The van der Waals surface area contributed by atoms with Crippen molar-refractivity contribution in [3.63, 3.8) is 0 Å². The Hall–Kier alpha value is -1.11. The van der Waals surface area contributed by atoms with Crippen molar-refractivity contribution < 1.29 is 9.53 Å². The molecule has 1 aliphatic rings. The summed E-state index contributed by atoms with van der Waals surface area (Å²) in [5.74, 6) is 0.0322. The molecule has 0 saturated carbocycles. The van der Waals surface area contributed by atoms with Crippen LogP contribution in [0.2, 0.25) is 0 Å². The van der Waals surface area contributed by atoms with Crippen LogP contribution in [0.25, 0.3) is 0 Å². The Morgan fingerprint density at radius 2 is 2.26 bits per heavy atom. The molecule has 1 aromatic rings. The molecule has 1 aliphatic heterocycles. The predicted octanol–water partition coefficient (Wildman–Crippen LogP) is 0.146. The van der Waals surface area contributed by atoms with Crippen LogP contribution in [0.5, 0.6) is 0 Å². The summed E-state index contributed by atoms with van der Waals surface area (Å²) in [4.78, 5) is 12.4. The number of methoxy groups -OCH3 is 1. The molecule has 0 aliphatic carbocycles. The molecule has 1 fully saturated rings. The first kappa shape index (κ1) is 15.9. The van der Waals surface area contributed by atoms with E-state index in [0.717, 1.165) is 25.9 Å². The minimum atomic E-state index is -0.553. The number of carbonyl (C=O) groups is 1. The quantitative estimate of drug-likeness (QED) is 0.757. The second-order valence-electron chi connectivity index (χ2n) is 4.48. The fourth-order valence-corrected chi connectivity index (χ4v) is 2.35. The number of ether oxygens (including phenoxy) is 1. The van der Waals surface area contributed by atoms with Gasteiger partial charge in [-0.1, -0.05) is 0 Å². The van der Waals surface area contributed by atoms with Crippen LogP contribution < -0.4 is 10.6 Å². The fourth-order valence-electron chi connectivity index (χ4n) is 2.35. The maximum Gasteiger partial charge on any atom is 0.248 e. The Morgan fingerprint density at radius 3 is 2.84 bits per heavy atom. The van der Waals surface area contributed by atoms with Gasteiger partial charge in [0, 0.05) is 26.0 Å². The van der Waals surface area contributed by atoms with Crippen molar-refractivity contribution in [3.8, 4) is 0 Å². The highest BCUT2D eigenvalue weighted by Crippen LogP contribution is 2.26. The van der Waals surface area contributed by atoms with Crippen LogP contribution in [0.4, 0.5) is 0 Å². The van der Waals surface area contributed by atoms with Crippen molar-refractivity contribution in [2.24, 2.45) is 0 Å². The fraction of sp³-hybridized carbons (Fsp3) is 0.667. The van der Waals surface area contributed by atoms with Crippen molar-refractivity contribution in [1.82, 2.24) is 20.4 Å². The molecule has 2 N–H and O–H groups in total. The van der Waals surface area contributed by atoms with Gasteiger partial charge in [-0.3, -0.25) is 9.48 Å². The molecular formula is C12H21ClN4O2. The first-order valence-electron chi connectivity index (χ1n) is 6.28. The van der Waals surface area contributed by atoms with Crippen LogP contribution in [0.1, 0.15) is 12.8 Å². The number of amides is 1. The van der Waals surface area contributed by atoms with Gasteiger partial charge in [-0.15, -0.1) is 12.4 Å². The Labute approximate surface area is 119 Å². The van der Waals surface area contributed by atoms with Crippen molar-refractivity contribution in [3.05, 3.63) is 18.5 Å². The molecule has 2 heterocycles. The highest BCUT2D eigenvalue weighted by atomic mass is 35.5. The molecule has 0 unspecified atom stereocenters. The number of halogens is 1. The van der Waals surface area contributed by atoms with E-state index in [1.54, 1.807) is 18.0 Å². The van der Waals surface area contributed by atoms with Crippen molar-refractivity contribution >= 4 is 18.3 Å². The standard InChI is InChI=1S/C12H20N4O2.ClH/c1-18-10-8-14-11(17)12(3-6-13-7-4-12)16-9-2-5-15-16;/h2,5,9,13H,3-4,6-8,10H2,1H3,(H,14,17);1H. The number of piperidine rings is 1. The molecule has 19 heavy (non-hydrogen) atoms. The van der Waals surface area contributed by atoms with E-state index in [1.165, 1.54) is 0 Å². The molecule has 1 amide bonds. The Balaban J connectivity index is 0.00000180. The van der Waals surface area contributed by atoms with Gasteiger partial charge in [-0.05, 0) is 32.0 Å². The van der Waals surface area contributed by atoms with Crippen LogP contribution in [-0.4, -0.2) is 49.0 Å². The van der Waals surface area contributed by atoms with Gasteiger partial charge in [0.1, 0.15) is 5.54 Å². The van der Waals surface area contributed by atoms with E-state index in [0.29, 0.717) is 13.2 Å². The van der Waals surface area contributed by atoms with E-state index in [-0.39, 0.29) is 18.3 Å². The Bertz CT molecular complexity index is 377. The second kappa shape index (κ2) is 7.47. The van der Waals surface area contributed by atoms with Gasteiger partial charge < -0.3 is 15.4 Å². The summed E-state index contributed by atoms with van der Waals surface area (Å²) < 4.78 is 6.74. The first-order chi connectivity index (χ1) is 8.79. The summed E-state index contributed by atoms with van der Waals surface area (Å²) >= 11 is 0. The van der Waals surface area contributed by atoms with Gasteiger partial charge in [-0.2, -0.15) is 5.10 Å². The number of hydrogen-bond donors (Lipinski definition) is 2. The van der Waals surface area contributed by atoms with Crippen molar-refractivity contribution in [2.45, 2.75) is 18.4 Å². The molecule has 0 atom stereocenters. The third-order valence-corrected chi connectivity index (χ3v) is 3.39. The molecule has 0 bridgehead atoms. The molecule has 1 saturated heterocycles. The molecule has 0 aromatic carbocycles. The van der Waals surface area contributed by atoms with Crippen molar-refractivity contribution in [2.75, 3.05) is 33.4 Å². The summed E-state index contributed by atoms with van der Waals surface area (Å²) in [7, 11) is 1.62. The monoisotopic (exact) mass is 288 g/mol. The van der Waals surface area contributed by atoms with Gasteiger partial charge in [0.25, 0.3) is 0 Å². The number of nitrogens with one attached hydrogen (secondary N) is 2. The molecule has 6 nitrogen and oxygen atoms in total. The average Bonchev–Trinajstić information content (AvgIpc) is 2.94. The molecule has 0 spiro atoms. The van der Waals surface area contributed by atoms with Gasteiger partial charge in [-0.25, -0.2) is 0 Å². The van der Waals surface area contributed by atoms with Crippen LogP contribution in [0.15, 0.2) is 18.5 Å². The Kier molecular flexibility index (Phi) is 6.27. The predicted molar refractivity (Wildman–Crippen MR) is 74.4 cm³/mol. The maximum absolute atomic E-state index is 12.4. The summed E-state index contributed by atoms with van der Waals surface area (Å²) in [6, 6.07) is 1.85. The molecule has 1 aromatic heterocycles. The normalized spacial score (nSPS) is 17.5. The van der Waals surface area contributed by atoms with Gasteiger partial charge in [0.2, 0.25) is 5.91 Å². The lowest BCUT2D eigenvalue weighted by molar-refractivity contribution is -0.132. The van der Waals surface area contributed by atoms with E-state index in [2.05, 4.69) is 15.7 Å². The molecule has 108 valence electrons. The minimum absolute atomic E-state index is 0. The number of nitrogens with zero attached hydrogens (tertiary/aromatic N) is 2. The number of hydrogen-bond acceptors (Lipinski definition) is 4. The lowest BCUT2D eigenvalue weighted by Gasteiger charge is -2.36. The SMILES string of the molecule is COCCNC(=O)C1(n2cccn2)CCNCC1.Cl. The van der Waals surface area contributed by atoms with E-state index in [4.69, 9.17) is 4.74 Å². The molecule has 2 rings (SSSR count).